The first-order valence-corrected chi connectivity index (χ1v) is 12.2. The predicted octanol–water partition coefficient (Wildman–Crippen LogP) is 8.73. The summed E-state index contributed by atoms with van der Waals surface area (Å²) in [6, 6.07) is 32.7. The van der Waals surface area contributed by atoms with Gasteiger partial charge in [0.15, 0.2) is 0 Å². The van der Waals surface area contributed by atoms with Crippen LogP contribution in [0, 0.1) is 26.0 Å². The second-order valence-corrected chi connectivity index (χ2v) is 9.27. The first-order valence-electron chi connectivity index (χ1n) is 12.2. The van der Waals surface area contributed by atoms with Gasteiger partial charge in [0.2, 0.25) is 0 Å². The van der Waals surface area contributed by atoms with Crippen molar-refractivity contribution in [2.45, 2.75) is 33.6 Å². The molecule has 0 fully saturated rings. The average Bonchev–Trinajstić information content (AvgIpc) is 3.29. The third kappa shape index (κ3) is 5.72. The number of para-hydroxylation sites is 1. The van der Waals surface area contributed by atoms with E-state index in [9.17, 15) is 0 Å². The van der Waals surface area contributed by atoms with Gasteiger partial charge in [0, 0.05) is 37.9 Å². The molecule has 6 aromatic rings. The fourth-order valence-corrected chi connectivity index (χ4v) is 4.41. The van der Waals surface area contributed by atoms with Crippen LogP contribution in [0.25, 0.3) is 44.5 Å². The van der Waals surface area contributed by atoms with Crippen molar-refractivity contribution in [3.8, 4) is 22.5 Å². The molecule has 0 N–H and O–H groups in total. The number of hydrogen-bond acceptors (Lipinski definition) is 3. The van der Waals surface area contributed by atoms with E-state index < -0.39 is 0 Å². The van der Waals surface area contributed by atoms with Crippen molar-refractivity contribution in [2.75, 3.05) is 0 Å². The molecule has 0 aliphatic heterocycles. The van der Waals surface area contributed by atoms with Gasteiger partial charge in [-0.05, 0) is 54.4 Å². The van der Waals surface area contributed by atoms with E-state index in [2.05, 4.69) is 68.0 Å². The van der Waals surface area contributed by atoms with Gasteiger partial charge < -0.3 is 14.4 Å². The van der Waals surface area contributed by atoms with Crippen LogP contribution in [-0.4, -0.2) is 9.97 Å². The number of nitrogens with zero attached hydrogens (tertiary/aromatic N) is 2. The molecule has 0 unspecified atom stereocenters. The molecular weight excluding hydrogens is 633 g/mol. The van der Waals surface area contributed by atoms with Gasteiger partial charge in [-0.3, -0.25) is 0 Å². The molecule has 0 aliphatic carbocycles. The van der Waals surface area contributed by atoms with Gasteiger partial charge >= 0.3 is 0 Å². The largest absolute Gasteiger partial charge is 0.501 e. The Morgan fingerprint density at radius 3 is 2.35 bits per heavy atom. The molecule has 0 saturated carbocycles. The zero-order valence-electron chi connectivity index (χ0n) is 21.4. The van der Waals surface area contributed by atoms with Crippen LogP contribution in [0.15, 0.2) is 95.7 Å². The van der Waals surface area contributed by atoms with Crippen LogP contribution in [-0.2, 0) is 20.1 Å². The summed E-state index contributed by atoms with van der Waals surface area (Å²) in [6.45, 7) is 8.59. The molecule has 4 heteroatoms. The third-order valence-corrected chi connectivity index (χ3v) is 6.26. The smallest absolute Gasteiger partial charge is 0.120 e. The standard InChI is InChI=1S/C18H12NO.C15H16N.Ir/c1-12-9-10-19-16(11-12)15-7-4-6-14-13-5-2-3-8-17(13)20-18(14)15;1-11(2)14-9-15(16-10-12(14)3)13-7-5-4-6-8-13;/h2-6,8-11H,1H3;4-7,9-11H,1-3H3;/q2*-1;. The van der Waals surface area contributed by atoms with E-state index in [1.807, 2.05) is 73.1 Å². The van der Waals surface area contributed by atoms with E-state index in [1.165, 1.54) is 16.7 Å². The van der Waals surface area contributed by atoms with Crippen molar-refractivity contribution in [2.24, 2.45) is 0 Å². The maximum Gasteiger partial charge on any atom is 0.120 e. The van der Waals surface area contributed by atoms with Crippen molar-refractivity contribution in [1.29, 1.82) is 0 Å². The van der Waals surface area contributed by atoms with E-state index in [1.54, 1.807) is 0 Å². The molecule has 3 aromatic heterocycles. The molecule has 0 spiro atoms. The van der Waals surface area contributed by atoms with E-state index in [4.69, 9.17) is 4.42 Å². The van der Waals surface area contributed by atoms with E-state index in [0.29, 0.717) is 5.92 Å². The quantitative estimate of drug-likeness (QED) is 0.178. The van der Waals surface area contributed by atoms with Crippen LogP contribution in [0.5, 0.6) is 0 Å². The van der Waals surface area contributed by atoms with Crippen LogP contribution in [0.3, 0.4) is 0 Å². The van der Waals surface area contributed by atoms with Crippen molar-refractivity contribution in [1.82, 2.24) is 9.97 Å². The first-order chi connectivity index (χ1) is 17.5. The number of furan rings is 1. The molecule has 0 bridgehead atoms. The zero-order chi connectivity index (χ0) is 25.1. The fraction of sp³-hybridized carbons (Fsp3) is 0.152. The molecule has 6 rings (SSSR count). The molecule has 0 amide bonds. The first kappa shape index (κ1) is 26.5. The van der Waals surface area contributed by atoms with Gasteiger partial charge in [0.05, 0.1) is 5.58 Å². The van der Waals surface area contributed by atoms with Gasteiger partial charge in [0.1, 0.15) is 5.58 Å². The average molecular weight is 661 g/mol. The molecule has 3 heterocycles. The Morgan fingerprint density at radius 2 is 1.59 bits per heavy atom. The Labute approximate surface area is 232 Å². The van der Waals surface area contributed by atoms with Crippen LogP contribution >= 0.6 is 0 Å². The number of rotatable bonds is 3. The van der Waals surface area contributed by atoms with Gasteiger partial charge in [-0.15, -0.1) is 54.1 Å². The summed E-state index contributed by atoms with van der Waals surface area (Å²) in [6.07, 6.45) is 3.77. The van der Waals surface area contributed by atoms with E-state index in [0.717, 1.165) is 44.5 Å². The maximum absolute atomic E-state index is 6.01. The molecular formula is C33H28IrN2O-2. The normalized spacial score (nSPS) is 10.7. The number of hydrogen-bond donors (Lipinski definition) is 0. The summed E-state index contributed by atoms with van der Waals surface area (Å²) in [4.78, 5) is 8.90. The SMILES string of the molecule is Cc1ccnc(-c2[c-]ccc3c2oc2ccccc23)c1.Cc1cnc(-c2[c-]cccc2)cc1C(C)C.[Ir]. The summed E-state index contributed by atoms with van der Waals surface area (Å²) in [5.74, 6) is 0.533. The van der Waals surface area contributed by atoms with Crippen LogP contribution in [0.2, 0.25) is 0 Å². The fourth-order valence-electron chi connectivity index (χ4n) is 4.41. The van der Waals surface area contributed by atoms with Crippen molar-refractivity contribution < 1.29 is 24.5 Å². The number of fused-ring (bicyclic) bond motifs is 3. The molecule has 3 nitrogen and oxygen atoms in total. The molecule has 0 saturated heterocycles. The molecule has 0 atom stereocenters. The Morgan fingerprint density at radius 1 is 0.784 bits per heavy atom. The summed E-state index contributed by atoms with van der Waals surface area (Å²) < 4.78 is 6.01. The predicted molar refractivity (Wildman–Crippen MR) is 148 cm³/mol. The molecule has 3 aromatic carbocycles. The van der Waals surface area contributed by atoms with Crippen LogP contribution < -0.4 is 0 Å². The van der Waals surface area contributed by atoms with Crippen molar-refractivity contribution >= 4 is 21.9 Å². The summed E-state index contributed by atoms with van der Waals surface area (Å²) in [7, 11) is 0. The monoisotopic (exact) mass is 661 g/mol. The Balaban J connectivity index is 0.000000173. The van der Waals surface area contributed by atoms with Crippen LogP contribution in [0.4, 0.5) is 0 Å². The number of pyridine rings is 2. The topological polar surface area (TPSA) is 38.9 Å². The Hall–Kier alpha value is -3.59. The molecule has 37 heavy (non-hydrogen) atoms. The van der Waals surface area contributed by atoms with E-state index in [-0.39, 0.29) is 20.1 Å². The Bertz CT molecular complexity index is 1640. The molecule has 1 radical (unpaired) electrons. The second-order valence-electron chi connectivity index (χ2n) is 9.27. The zero-order valence-corrected chi connectivity index (χ0v) is 23.8. The number of benzene rings is 3. The summed E-state index contributed by atoms with van der Waals surface area (Å²) in [5, 5.41) is 2.24. The van der Waals surface area contributed by atoms with Gasteiger partial charge in [-0.1, -0.05) is 60.7 Å². The number of aryl methyl sites for hydroxylation is 2. The number of aromatic nitrogens is 2. The minimum Gasteiger partial charge on any atom is -0.501 e. The minimum absolute atomic E-state index is 0. The van der Waals surface area contributed by atoms with Crippen molar-refractivity contribution in [3.63, 3.8) is 0 Å². The van der Waals surface area contributed by atoms with Crippen molar-refractivity contribution in [3.05, 3.63) is 120 Å². The third-order valence-electron chi connectivity index (χ3n) is 6.26. The van der Waals surface area contributed by atoms with Gasteiger partial charge in [-0.25, -0.2) is 0 Å². The maximum atomic E-state index is 6.01. The van der Waals surface area contributed by atoms with Crippen LogP contribution in [0.1, 0.15) is 36.5 Å². The minimum atomic E-state index is 0. The molecule has 187 valence electrons. The van der Waals surface area contributed by atoms with Gasteiger partial charge in [0.25, 0.3) is 0 Å². The van der Waals surface area contributed by atoms with E-state index >= 15 is 0 Å². The Kier molecular flexibility index (Phi) is 8.33. The summed E-state index contributed by atoms with van der Waals surface area (Å²) >= 11 is 0. The van der Waals surface area contributed by atoms with Gasteiger partial charge in [-0.2, -0.15) is 0 Å². The second kappa shape index (κ2) is 11.6. The summed E-state index contributed by atoms with van der Waals surface area (Å²) in [5.41, 5.74) is 9.44. The molecule has 0 aliphatic rings.